The van der Waals surface area contributed by atoms with Gasteiger partial charge in [-0.2, -0.15) is 0 Å². The van der Waals surface area contributed by atoms with Crippen LogP contribution in [0, 0.1) is 6.92 Å². The van der Waals surface area contributed by atoms with Crippen molar-refractivity contribution in [3.8, 4) is 11.1 Å². The summed E-state index contributed by atoms with van der Waals surface area (Å²) in [7, 11) is 0. The topological polar surface area (TPSA) is 64.6 Å². The van der Waals surface area contributed by atoms with Gasteiger partial charge in [0.2, 0.25) is 0 Å². The van der Waals surface area contributed by atoms with E-state index < -0.39 is 12.1 Å². The van der Waals surface area contributed by atoms with Gasteiger partial charge < -0.3 is 14.8 Å². The van der Waals surface area contributed by atoms with Crippen LogP contribution in [-0.4, -0.2) is 31.2 Å². The Bertz CT molecular complexity index is 835. The summed E-state index contributed by atoms with van der Waals surface area (Å²) in [6, 6.07) is 8.18. The zero-order chi connectivity index (χ0) is 20.1. The third kappa shape index (κ3) is 4.45. The van der Waals surface area contributed by atoms with E-state index in [-0.39, 0.29) is 5.91 Å². The fourth-order valence-electron chi connectivity index (χ4n) is 3.33. The monoisotopic (exact) mass is 401 g/mol. The molecule has 0 radical (unpaired) electrons. The number of thiophene rings is 1. The van der Waals surface area contributed by atoms with Crippen molar-refractivity contribution >= 4 is 28.2 Å². The Hall–Kier alpha value is -2.18. The molecule has 1 amide bonds. The summed E-state index contributed by atoms with van der Waals surface area (Å²) >= 11 is 1.41. The number of aryl methyl sites for hydroxylation is 2. The molecule has 0 unspecified atom stereocenters. The fraction of sp³-hybridized carbons (Fsp3) is 0.455. The van der Waals surface area contributed by atoms with Crippen molar-refractivity contribution in [3.63, 3.8) is 0 Å². The SMILES string of the molecule is CCCOC(=O)c1c(NC(=O)[C@@H]2CCCO2)sc(C)c1-c1ccc(CC)cc1. The van der Waals surface area contributed by atoms with E-state index >= 15 is 0 Å². The van der Waals surface area contributed by atoms with E-state index in [4.69, 9.17) is 9.47 Å². The zero-order valence-corrected chi connectivity index (χ0v) is 17.5. The van der Waals surface area contributed by atoms with Gasteiger partial charge >= 0.3 is 5.97 Å². The summed E-state index contributed by atoms with van der Waals surface area (Å²) < 4.78 is 10.9. The van der Waals surface area contributed by atoms with E-state index in [1.807, 2.05) is 26.0 Å². The van der Waals surface area contributed by atoms with E-state index in [1.165, 1.54) is 16.9 Å². The summed E-state index contributed by atoms with van der Waals surface area (Å²) in [5.74, 6) is -0.598. The van der Waals surface area contributed by atoms with E-state index in [0.717, 1.165) is 35.3 Å². The number of hydrogen-bond donors (Lipinski definition) is 1. The maximum atomic E-state index is 12.9. The van der Waals surface area contributed by atoms with Gasteiger partial charge in [-0.15, -0.1) is 11.3 Å². The van der Waals surface area contributed by atoms with Gasteiger partial charge in [0.25, 0.3) is 5.91 Å². The van der Waals surface area contributed by atoms with Crippen LogP contribution in [0.5, 0.6) is 0 Å². The van der Waals surface area contributed by atoms with Gasteiger partial charge in [-0.1, -0.05) is 38.1 Å². The van der Waals surface area contributed by atoms with Gasteiger partial charge in [-0.05, 0) is 43.7 Å². The number of rotatable bonds is 7. The molecular formula is C22H27NO4S. The van der Waals surface area contributed by atoms with Gasteiger partial charge in [-0.25, -0.2) is 4.79 Å². The van der Waals surface area contributed by atoms with Crippen molar-refractivity contribution in [1.82, 2.24) is 0 Å². The first-order chi connectivity index (χ1) is 13.5. The van der Waals surface area contributed by atoms with Crippen LogP contribution in [0.1, 0.15) is 53.9 Å². The predicted octanol–water partition coefficient (Wildman–Crippen LogP) is 4.97. The molecule has 6 heteroatoms. The minimum Gasteiger partial charge on any atom is -0.462 e. The van der Waals surface area contributed by atoms with Crippen molar-refractivity contribution in [3.05, 3.63) is 40.3 Å². The third-order valence-electron chi connectivity index (χ3n) is 4.84. The Morgan fingerprint density at radius 1 is 1.25 bits per heavy atom. The fourth-order valence-corrected chi connectivity index (χ4v) is 4.39. The molecule has 0 aliphatic carbocycles. The summed E-state index contributed by atoms with van der Waals surface area (Å²) in [5.41, 5.74) is 3.45. The maximum Gasteiger partial charge on any atom is 0.341 e. The number of hydrogen-bond acceptors (Lipinski definition) is 5. The summed E-state index contributed by atoms with van der Waals surface area (Å²) in [5, 5.41) is 3.45. The molecule has 0 bridgehead atoms. The molecule has 1 aromatic carbocycles. The first kappa shape index (κ1) is 20.6. The lowest BCUT2D eigenvalue weighted by molar-refractivity contribution is -0.124. The molecule has 2 aromatic rings. The molecule has 0 saturated carbocycles. The number of ether oxygens (including phenoxy) is 2. The molecule has 150 valence electrons. The molecule has 0 spiro atoms. The van der Waals surface area contributed by atoms with Crippen molar-refractivity contribution in [2.24, 2.45) is 0 Å². The molecule has 1 aliphatic rings. The Balaban J connectivity index is 1.98. The van der Waals surface area contributed by atoms with Crippen LogP contribution in [0.25, 0.3) is 11.1 Å². The van der Waals surface area contributed by atoms with E-state index in [1.54, 1.807) is 0 Å². The molecule has 1 atom stereocenters. The number of amides is 1. The smallest absolute Gasteiger partial charge is 0.341 e. The van der Waals surface area contributed by atoms with Gasteiger partial charge in [0.1, 0.15) is 16.7 Å². The van der Waals surface area contributed by atoms with Crippen molar-refractivity contribution in [2.75, 3.05) is 18.5 Å². The molecule has 5 nitrogen and oxygen atoms in total. The summed E-state index contributed by atoms with van der Waals surface area (Å²) in [6.45, 7) is 6.98. The van der Waals surface area contributed by atoms with Crippen LogP contribution in [0.2, 0.25) is 0 Å². The average molecular weight is 402 g/mol. The van der Waals surface area contributed by atoms with Crippen LogP contribution in [-0.2, 0) is 20.7 Å². The predicted molar refractivity (Wildman–Crippen MR) is 112 cm³/mol. The molecular weight excluding hydrogens is 374 g/mol. The first-order valence-corrected chi connectivity index (χ1v) is 10.7. The normalized spacial score (nSPS) is 16.2. The molecule has 1 aliphatic heterocycles. The van der Waals surface area contributed by atoms with Crippen molar-refractivity contribution < 1.29 is 19.1 Å². The lowest BCUT2D eigenvalue weighted by Crippen LogP contribution is -2.27. The van der Waals surface area contributed by atoms with E-state index in [0.29, 0.717) is 30.2 Å². The first-order valence-electron chi connectivity index (χ1n) is 9.87. The van der Waals surface area contributed by atoms with E-state index in [9.17, 15) is 9.59 Å². The minimum absolute atomic E-state index is 0.198. The Morgan fingerprint density at radius 3 is 2.61 bits per heavy atom. The van der Waals surface area contributed by atoms with Crippen LogP contribution >= 0.6 is 11.3 Å². The molecule has 1 saturated heterocycles. The molecule has 1 aromatic heterocycles. The summed E-state index contributed by atoms with van der Waals surface area (Å²) in [4.78, 5) is 26.4. The highest BCUT2D eigenvalue weighted by Gasteiger charge is 2.29. The standard InChI is InChI=1S/C22H27NO4S/c1-4-12-27-22(25)19-18(16-10-8-15(5-2)9-11-16)14(3)28-21(19)23-20(24)17-7-6-13-26-17/h8-11,17H,4-7,12-13H2,1-3H3,(H,23,24)/t17-/m0/s1. The maximum absolute atomic E-state index is 12.9. The molecule has 1 N–H and O–H groups in total. The number of esters is 1. The van der Waals surface area contributed by atoms with Gasteiger partial charge in [0.15, 0.2) is 0 Å². The van der Waals surface area contributed by atoms with Crippen LogP contribution < -0.4 is 5.32 Å². The molecule has 2 heterocycles. The minimum atomic E-state index is -0.450. The highest BCUT2D eigenvalue weighted by atomic mass is 32.1. The number of benzene rings is 1. The van der Waals surface area contributed by atoms with Crippen LogP contribution in [0.15, 0.2) is 24.3 Å². The second-order valence-electron chi connectivity index (χ2n) is 6.91. The Kier molecular flexibility index (Phi) is 6.86. The number of nitrogens with one attached hydrogen (secondary N) is 1. The molecule has 3 rings (SSSR count). The Morgan fingerprint density at radius 2 is 2.00 bits per heavy atom. The van der Waals surface area contributed by atoms with Crippen molar-refractivity contribution in [2.45, 2.75) is 52.6 Å². The third-order valence-corrected chi connectivity index (χ3v) is 5.86. The van der Waals surface area contributed by atoms with E-state index in [2.05, 4.69) is 24.4 Å². The highest BCUT2D eigenvalue weighted by Crippen LogP contribution is 2.40. The van der Waals surface area contributed by atoms with Crippen molar-refractivity contribution in [1.29, 1.82) is 0 Å². The van der Waals surface area contributed by atoms with Gasteiger partial charge in [0.05, 0.1) is 6.61 Å². The van der Waals surface area contributed by atoms with Crippen LogP contribution in [0.3, 0.4) is 0 Å². The lowest BCUT2D eigenvalue weighted by Gasteiger charge is -2.12. The zero-order valence-electron chi connectivity index (χ0n) is 16.7. The van der Waals surface area contributed by atoms with Gasteiger partial charge in [-0.3, -0.25) is 4.79 Å². The lowest BCUT2D eigenvalue weighted by atomic mass is 9.99. The van der Waals surface area contributed by atoms with Gasteiger partial charge in [0, 0.05) is 17.0 Å². The second kappa shape index (κ2) is 9.34. The number of carbonyl (C=O) groups is 2. The average Bonchev–Trinajstić information content (AvgIpc) is 3.34. The Labute approximate surface area is 170 Å². The van der Waals surface area contributed by atoms with Crippen LogP contribution in [0.4, 0.5) is 5.00 Å². The molecule has 1 fully saturated rings. The summed E-state index contributed by atoms with van der Waals surface area (Å²) in [6.07, 6.45) is 2.83. The quantitative estimate of drug-likeness (QED) is 0.665. The highest BCUT2D eigenvalue weighted by molar-refractivity contribution is 7.17. The largest absolute Gasteiger partial charge is 0.462 e. The second-order valence-corrected chi connectivity index (χ2v) is 8.14. The molecule has 28 heavy (non-hydrogen) atoms. The number of anilines is 1. The number of carbonyl (C=O) groups excluding carboxylic acids is 2.